The van der Waals surface area contributed by atoms with Crippen LogP contribution in [0.3, 0.4) is 0 Å². The van der Waals surface area contributed by atoms with E-state index in [1.165, 1.54) is 50.0 Å². The fourth-order valence-electron chi connectivity index (χ4n) is 2.03. The average molecular weight is 215 g/mol. The van der Waals surface area contributed by atoms with Crippen LogP contribution in [-0.2, 0) is 0 Å². The molecule has 0 radical (unpaired) electrons. The Balaban J connectivity index is 1.95. The van der Waals surface area contributed by atoms with Gasteiger partial charge in [0.15, 0.2) is 0 Å². The molecule has 1 N–H and O–H groups in total. The fraction of sp³-hybridized carbons (Fsp3) is 1.00. The molecule has 0 aromatic heterocycles. The van der Waals surface area contributed by atoms with Crippen LogP contribution in [0.25, 0.3) is 0 Å². The number of nitrogens with one attached hydrogen (secondary N) is 1. The van der Waals surface area contributed by atoms with Gasteiger partial charge >= 0.3 is 0 Å². The predicted octanol–water partition coefficient (Wildman–Crippen LogP) is 3.44. The van der Waals surface area contributed by atoms with E-state index in [2.05, 4.69) is 30.9 Å². The Labute approximate surface area is 93.4 Å². The van der Waals surface area contributed by atoms with Gasteiger partial charge in [0.25, 0.3) is 0 Å². The van der Waals surface area contributed by atoms with Gasteiger partial charge in [-0.05, 0) is 25.5 Å². The molecule has 0 saturated carbocycles. The lowest BCUT2D eigenvalue weighted by Gasteiger charge is -2.18. The van der Waals surface area contributed by atoms with E-state index in [0.29, 0.717) is 0 Å². The number of rotatable bonds is 7. The van der Waals surface area contributed by atoms with E-state index in [4.69, 9.17) is 0 Å². The van der Waals surface area contributed by atoms with Crippen molar-refractivity contribution >= 4 is 11.8 Å². The lowest BCUT2D eigenvalue weighted by atomic mass is 10.1. The third kappa shape index (κ3) is 5.26. The van der Waals surface area contributed by atoms with E-state index in [1.807, 2.05) is 0 Å². The topological polar surface area (TPSA) is 12.0 Å². The molecular formula is C12H25NS. The molecule has 1 heterocycles. The van der Waals surface area contributed by atoms with E-state index in [0.717, 1.165) is 12.1 Å². The maximum atomic E-state index is 3.73. The van der Waals surface area contributed by atoms with Crippen LogP contribution in [0.2, 0.25) is 0 Å². The first-order valence-corrected chi connectivity index (χ1v) is 7.32. The highest BCUT2D eigenvalue weighted by atomic mass is 32.2. The maximum absolute atomic E-state index is 3.73. The minimum Gasteiger partial charge on any atom is -0.311 e. The van der Waals surface area contributed by atoms with Crippen LogP contribution in [0, 0.1) is 0 Å². The van der Waals surface area contributed by atoms with Crippen LogP contribution >= 0.6 is 11.8 Å². The molecule has 2 unspecified atom stereocenters. The Morgan fingerprint density at radius 2 is 2.21 bits per heavy atom. The third-order valence-corrected chi connectivity index (χ3v) is 4.10. The number of thioether (sulfide) groups is 1. The van der Waals surface area contributed by atoms with Crippen LogP contribution < -0.4 is 5.32 Å². The van der Waals surface area contributed by atoms with Gasteiger partial charge in [-0.2, -0.15) is 11.8 Å². The Bertz CT molecular complexity index is 132. The van der Waals surface area contributed by atoms with Crippen LogP contribution in [-0.4, -0.2) is 23.6 Å². The minimum atomic E-state index is 0.732. The van der Waals surface area contributed by atoms with Gasteiger partial charge in [0.2, 0.25) is 0 Å². The molecule has 1 aliphatic heterocycles. The van der Waals surface area contributed by atoms with Crippen molar-refractivity contribution in [3.05, 3.63) is 0 Å². The lowest BCUT2D eigenvalue weighted by molar-refractivity contribution is 0.434. The lowest BCUT2D eigenvalue weighted by Crippen LogP contribution is -2.36. The maximum Gasteiger partial charge on any atom is 0.0168 e. The molecule has 0 amide bonds. The van der Waals surface area contributed by atoms with Crippen LogP contribution in [0.1, 0.15) is 52.4 Å². The quantitative estimate of drug-likeness (QED) is 0.653. The van der Waals surface area contributed by atoms with Gasteiger partial charge in [-0.1, -0.05) is 32.6 Å². The monoisotopic (exact) mass is 215 g/mol. The molecule has 2 heteroatoms. The molecule has 14 heavy (non-hydrogen) atoms. The summed E-state index contributed by atoms with van der Waals surface area (Å²) in [5, 5.41) is 3.73. The van der Waals surface area contributed by atoms with E-state index in [1.54, 1.807) is 0 Å². The summed E-state index contributed by atoms with van der Waals surface area (Å²) in [5.41, 5.74) is 0. The average Bonchev–Trinajstić information content (AvgIpc) is 2.65. The summed E-state index contributed by atoms with van der Waals surface area (Å²) in [5.74, 6) is 2.69. The van der Waals surface area contributed by atoms with Gasteiger partial charge in [0.05, 0.1) is 0 Å². The van der Waals surface area contributed by atoms with E-state index in [-0.39, 0.29) is 0 Å². The highest BCUT2D eigenvalue weighted by molar-refractivity contribution is 7.99. The van der Waals surface area contributed by atoms with Crippen molar-refractivity contribution in [2.45, 2.75) is 64.5 Å². The second-order valence-electron chi connectivity index (χ2n) is 4.48. The first kappa shape index (κ1) is 12.4. The van der Waals surface area contributed by atoms with E-state index in [9.17, 15) is 0 Å². The molecule has 1 aliphatic rings. The van der Waals surface area contributed by atoms with Crippen molar-refractivity contribution in [3.63, 3.8) is 0 Å². The predicted molar refractivity (Wildman–Crippen MR) is 67.1 cm³/mol. The highest BCUT2D eigenvalue weighted by Crippen LogP contribution is 2.18. The Morgan fingerprint density at radius 3 is 2.86 bits per heavy atom. The van der Waals surface area contributed by atoms with Crippen molar-refractivity contribution in [2.75, 3.05) is 11.5 Å². The number of hydrogen-bond donors (Lipinski definition) is 1. The van der Waals surface area contributed by atoms with Gasteiger partial charge in [0, 0.05) is 17.8 Å². The molecular weight excluding hydrogens is 190 g/mol. The van der Waals surface area contributed by atoms with Crippen LogP contribution in [0.5, 0.6) is 0 Å². The first-order chi connectivity index (χ1) is 6.83. The van der Waals surface area contributed by atoms with Gasteiger partial charge in [-0.3, -0.25) is 0 Å². The van der Waals surface area contributed by atoms with Crippen molar-refractivity contribution in [2.24, 2.45) is 0 Å². The summed E-state index contributed by atoms with van der Waals surface area (Å²) in [6.07, 6.45) is 8.32. The molecule has 1 fully saturated rings. The summed E-state index contributed by atoms with van der Waals surface area (Å²) in [4.78, 5) is 0. The summed E-state index contributed by atoms with van der Waals surface area (Å²) >= 11 is 2.09. The zero-order chi connectivity index (χ0) is 10.2. The van der Waals surface area contributed by atoms with Crippen molar-refractivity contribution in [1.82, 2.24) is 5.32 Å². The molecule has 1 nitrogen and oxygen atoms in total. The summed E-state index contributed by atoms with van der Waals surface area (Å²) in [6.45, 7) is 4.62. The largest absolute Gasteiger partial charge is 0.311 e. The van der Waals surface area contributed by atoms with Gasteiger partial charge in [0.1, 0.15) is 0 Å². The SMILES string of the molecule is CCCCCCC(C)NC1CCSC1. The molecule has 0 aromatic carbocycles. The Morgan fingerprint density at radius 1 is 1.36 bits per heavy atom. The molecule has 1 saturated heterocycles. The second kappa shape index (κ2) is 7.58. The highest BCUT2D eigenvalue weighted by Gasteiger charge is 2.16. The molecule has 0 aliphatic carbocycles. The van der Waals surface area contributed by atoms with Crippen molar-refractivity contribution < 1.29 is 0 Å². The van der Waals surface area contributed by atoms with Gasteiger partial charge in [-0.25, -0.2) is 0 Å². The Hall–Kier alpha value is 0.310. The normalized spacial score (nSPS) is 24.0. The smallest absolute Gasteiger partial charge is 0.0168 e. The summed E-state index contributed by atoms with van der Waals surface area (Å²) in [7, 11) is 0. The molecule has 2 atom stereocenters. The van der Waals surface area contributed by atoms with Gasteiger partial charge < -0.3 is 5.32 Å². The fourth-order valence-corrected chi connectivity index (χ4v) is 3.19. The summed E-state index contributed by atoms with van der Waals surface area (Å²) < 4.78 is 0. The second-order valence-corrected chi connectivity index (χ2v) is 5.63. The molecule has 84 valence electrons. The van der Waals surface area contributed by atoms with E-state index < -0.39 is 0 Å². The first-order valence-electron chi connectivity index (χ1n) is 6.16. The third-order valence-electron chi connectivity index (χ3n) is 2.94. The standard InChI is InChI=1S/C12H25NS/c1-3-4-5-6-7-11(2)13-12-8-9-14-10-12/h11-13H,3-10H2,1-2H3. The van der Waals surface area contributed by atoms with Crippen molar-refractivity contribution in [3.8, 4) is 0 Å². The number of unbranched alkanes of at least 4 members (excludes halogenated alkanes) is 3. The molecule has 0 spiro atoms. The van der Waals surface area contributed by atoms with E-state index >= 15 is 0 Å². The zero-order valence-electron chi connectivity index (χ0n) is 9.72. The van der Waals surface area contributed by atoms with Crippen LogP contribution in [0.15, 0.2) is 0 Å². The van der Waals surface area contributed by atoms with Crippen LogP contribution in [0.4, 0.5) is 0 Å². The molecule has 1 rings (SSSR count). The number of hydrogen-bond acceptors (Lipinski definition) is 2. The minimum absolute atomic E-state index is 0.732. The van der Waals surface area contributed by atoms with Gasteiger partial charge in [-0.15, -0.1) is 0 Å². The Kier molecular flexibility index (Phi) is 6.70. The molecule has 0 bridgehead atoms. The zero-order valence-corrected chi connectivity index (χ0v) is 10.5. The summed E-state index contributed by atoms with van der Waals surface area (Å²) in [6, 6.07) is 1.54. The molecule has 0 aromatic rings. The van der Waals surface area contributed by atoms with Crippen molar-refractivity contribution in [1.29, 1.82) is 0 Å².